The predicted octanol–water partition coefficient (Wildman–Crippen LogP) is 8.37. The van der Waals surface area contributed by atoms with Gasteiger partial charge in [-0.05, 0) is 33.4 Å². The average Bonchev–Trinajstić information content (AvgIpc) is 3.57. The molecule has 6 aromatic carbocycles. The Morgan fingerprint density at radius 1 is 0.549 bits per heavy atom. The molecule has 7 aromatic rings. The lowest BCUT2D eigenvalue weighted by Gasteiger charge is -2.39. The van der Waals surface area contributed by atoms with Gasteiger partial charge in [0.25, 0.3) is 0 Å². The lowest BCUT2D eigenvalue weighted by molar-refractivity contribution is -0.107. The van der Waals surface area contributed by atoms with E-state index in [-0.39, 0.29) is 0 Å². The summed E-state index contributed by atoms with van der Waals surface area (Å²) in [6, 6.07) is 62.8. The number of anilines is 2. The molecule has 0 unspecified atom stereocenters. The zero-order valence-electron chi connectivity index (χ0n) is 28.6. The van der Waals surface area contributed by atoms with Crippen LogP contribution in [-0.4, -0.2) is 29.3 Å². The monoisotopic (exact) mass is 667 g/mol. The zero-order chi connectivity index (χ0) is 34.9. The molecule has 1 amide bonds. The molecule has 6 nitrogen and oxygen atoms in total. The third-order valence-corrected chi connectivity index (χ3v) is 9.65. The molecule has 51 heavy (non-hydrogen) atoms. The van der Waals surface area contributed by atoms with Crippen LogP contribution in [0, 0.1) is 0 Å². The molecule has 0 aliphatic carbocycles. The van der Waals surface area contributed by atoms with Crippen molar-refractivity contribution in [2.75, 3.05) is 23.3 Å². The Labute approximate surface area is 300 Å². The number of hydrogen-bond acceptors (Lipinski definition) is 4. The van der Waals surface area contributed by atoms with Crippen molar-refractivity contribution >= 4 is 17.9 Å². The largest absolute Gasteiger partial charge is 0.351 e. The Kier molecular flexibility index (Phi) is 9.86. The Bertz CT molecular complexity index is 1930. The average molecular weight is 668 g/mol. The standard InChI is InChI=1S/C45H41N5O/c1-49-43(48-45(39-26-14-5-15-27-39,40-28-16-6-17-29-40)41-30-18-7-19-31-41)42(34-47-49)50(35-51)33-32-46-44(36-20-8-2-9-21-36,37-22-10-3-11-23-37)38-24-12-4-13-25-38/h2-31,34-35,46,48H,32-33H2,1H3. The molecule has 0 bridgehead atoms. The van der Waals surface area contributed by atoms with Crippen LogP contribution < -0.4 is 15.5 Å². The van der Waals surface area contributed by atoms with Gasteiger partial charge in [0.05, 0.1) is 11.7 Å². The minimum Gasteiger partial charge on any atom is -0.351 e. The fourth-order valence-electron chi connectivity index (χ4n) is 7.20. The highest BCUT2D eigenvalue weighted by Gasteiger charge is 2.39. The summed E-state index contributed by atoms with van der Waals surface area (Å²) < 4.78 is 1.81. The summed E-state index contributed by atoms with van der Waals surface area (Å²) in [6.07, 6.45) is 2.66. The van der Waals surface area contributed by atoms with Crippen LogP contribution in [0.3, 0.4) is 0 Å². The van der Waals surface area contributed by atoms with Crippen LogP contribution in [0.4, 0.5) is 11.5 Å². The van der Waals surface area contributed by atoms with E-state index in [2.05, 4.69) is 161 Å². The molecule has 0 saturated heterocycles. The summed E-state index contributed by atoms with van der Waals surface area (Å²) in [4.78, 5) is 14.8. The van der Waals surface area contributed by atoms with Crippen molar-refractivity contribution in [2.45, 2.75) is 11.1 Å². The highest BCUT2D eigenvalue weighted by molar-refractivity contribution is 5.83. The van der Waals surface area contributed by atoms with Gasteiger partial charge in [-0.15, -0.1) is 0 Å². The van der Waals surface area contributed by atoms with E-state index in [1.165, 1.54) is 0 Å². The second-order valence-electron chi connectivity index (χ2n) is 12.5. The first-order valence-electron chi connectivity index (χ1n) is 17.3. The molecule has 2 N–H and O–H groups in total. The Morgan fingerprint density at radius 3 is 1.22 bits per heavy atom. The van der Waals surface area contributed by atoms with Gasteiger partial charge < -0.3 is 10.2 Å². The van der Waals surface area contributed by atoms with Crippen molar-refractivity contribution in [1.82, 2.24) is 15.1 Å². The van der Waals surface area contributed by atoms with E-state index in [4.69, 9.17) is 0 Å². The molecule has 1 heterocycles. The van der Waals surface area contributed by atoms with Gasteiger partial charge in [0.15, 0.2) is 0 Å². The van der Waals surface area contributed by atoms with Crippen LogP contribution in [0.2, 0.25) is 0 Å². The van der Waals surface area contributed by atoms with Crippen molar-refractivity contribution in [3.8, 4) is 0 Å². The van der Waals surface area contributed by atoms with Crippen LogP contribution in [0.15, 0.2) is 188 Å². The summed E-state index contributed by atoms with van der Waals surface area (Å²) in [5.74, 6) is 0.721. The number of rotatable bonds is 14. The quantitative estimate of drug-likeness (QED) is 0.0904. The van der Waals surface area contributed by atoms with Gasteiger partial charge in [-0.3, -0.25) is 14.8 Å². The van der Waals surface area contributed by atoms with Crippen LogP contribution in [-0.2, 0) is 22.9 Å². The number of nitrogens with zero attached hydrogens (tertiary/aromatic N) is 3. The molecule has 7 rings (SSSR count). The number of hydrogen-bond donors (Lipinski definition) is 2. The summed E-state index contributed by atoms with van der Waals surface area (Å²) in [7, 11) is 1.91. The maximum atomic E-state index is 13.0. The highest BCUT2D eigenvalue weighted by atomic mass is 16.1. The maximum absolute atomic E-state index is 13.0. The van der Waals surface area contributed by atoms with Crippen molar-refractivity contribution in [3.63, 3.8) is 0 Å². The van der Waals surface area contributed by atoms with Crippen LogP contribution in [0.25, 0.3) is 0 Å². The Morgan fingerprint density at radius 2 is 0.882 bits per heavy atom. The maximum Gasteiger partial charge on any atom is 0.214 e. The molecule has 6 heteroatoms. The first kappa shape index (κ1) is 33.3. The number of aryl methyl sites for hydroxylation is 1. The molecule has 1 aromatic heterocycles. The van der Waals surface area contributed by atoms with Crippen LogP contribution >= 0.6 is 0 Å². The van der Waals surface area contributed by atoms with Gasteiger partial charge in [-0.2, -0.15) is 5.10 Å². The SMILES string of the molecule is Cn1ncc(N(C=O)CCNC(c2ccccc2)(c2ccccc2)c2ccccc2)c1NC(c1ccccc1)(c1ccccc1)c1ccccc1. The first-order chi connectivity index (χ1) is 25.2. The lowest BCUT2D eigenvalue weighted by Crippen LogP contribution is -2.47. The minimum absolute atomic E-state index is 0.396. The normalized spacial score (nSPS) is 11.5. The van der Waals surface area contributed by atoms with E-state index in [9.17, 15) is 4.79 Å². The van der Waals surface area contributed by atoms with Crippen LogP contribution in [0.1, 0.15) is 33.4 Å². The molecular formula is C45H41N5O. The number of benzene rings is 6. The number of aromatic nitrogens is 2. The van der Waals surface area contributed by atoms with E-state index in [0.717, 1.165) is 45.6 Å². The summed E-state index contributed by atoms with van der Waals surface area (Å²) in [6.45, 7) is 0.889. The van der Waals surface area contributed by atoms with Gasteiger partial charge >= 0.3 is 0 Å². The van der Waals surface area contributed by atoms with E-state index in [1.54, 1.807) is 11.1 Å². The molecule has 0 fully saturated rings. The molecule has 0 atom stereocenters. The summed E-state index contributed by atoms with van der Waals surface area (Å²) in [5.41, 5.74) is 5.77. The van der Waals surface area contributed by atoms with Gasteiger partial charge in [0.2, 0.25) is 6.41 Å². The predicted molar refractivity (Wildman–Crippen MR) is 207 cm³/mol. The molecule has 0 saturated carbocycles. The van der Waals surface area contributed by atoms with Crippen molar-refractivity contribution < 1.29 is 4.79 Å². The molecule has 0 aliphatic heterocycles. The van der Waals surface area contributed by atoms with E-state index < -0.39 is 11.1 Å². The molecule has 252 valence electrons. The van der Waals surface area contributed by atoms with E-state index >= 15 is 0 Å². The number of amides is 1. The third kappa shape index (κ3) is 6.45. The van der Waals surface area contributed by atoms with E-state index in [1.807, 2.05) is 48.1 Å². The summed E-state index contributed by atoms with van der Waals surface area (Å²) in [5, 5.41) is 12.5. The van der Waals surface area contributed by atoms with E-state index in [0.29, 0.717) is 18.8 Å². The highest BCUT2D eigenvalue weighted by Crippen LogP contribution is 2.42. The third-order valence-electron chi connectivity index (χ3n) is 9.65. The second kappa shape index (κ2) is 15.1. The van der Waals surface area contributed by atoms with Crippen molar-refractivity contribution in [2.24, 2.45) is 7.05 Å². The zero-order valence-corrected chi connectivity index (χ0v) is 28.6. The number of nitrogens with one attached hydrogen (secondary N) is 2. The van der Waals surface area contributed by atoms with Gasteiger partial charge in [-0.25, -0.2) is 0 Å². The number of carbonyl (C=O) groups excluding carboxylic acids is 1. The first-order valence-corrected chi connectivity index (χ1v) is 17.3. The van der Waals surface area contributed by atoms with Crippen molar-refractivity contribution in [3.05, 3.63) is 222 Å². The molecule has 0 aliphatic rings. The van der Waals surface area contributed by atoms with Crippen LogP contribution in [0.5, 0.6) is 0 Å². The Hall–Kier alpha value is -6.24. The lowest BCUT2D eigenvalue weighted by atomic mass is 9.77. The van der Waals surface area contributed by atoms with Gasteiger partial charge in [0, 0.05) is 20.1 Å². The van der Waals surface area contributed by atoms with Crippen molar-refractivity contribution in [1.29, 1.82) is 0 Å². The van der Waals surface area contributed by atoms with Gasteiger partial charge in [0.1, 0.15) is 17.0 Å². The smallest absolute Gasteiger partial charge is 0.214 e. The molecule has 0 spiro atoms. The second-order valence-corrected chi connectivity index (χ2v) is 12.5. The molecule has 0 radical (unpaired) electrons. The fourth-order valence-corrected chi connectivity index (χ4v) is 7.20. The summed E-state index contributed by atoms with van der Waals surface area (Å²) >= 11 is 0. The molecular weight excluding hydrogens is 627 g/mol. The fraction of sp³-hybridized carbons (Fsp3) is 0.111. The Balaban J connectivity index is 1.27. The topological polar surface area (TPSA) is 62.2 Å². The minimum atomic E-state index is -0.789. The van der Waals surface area contributed by atoms with Gasteiger partial charge in [-0.1, -0.05) is 182 Å². The number of carbonyl (C=O) groups is 1.